The Morgan fingerprint density at radius 1 is 1.33 bits per heavy atom. The number of hydrogen-bond acceptors (Lipinski definition) is 4. The SMILES string of the molecule is CN=C(NCCCc1cnn(C)c1)NCC(c1ccco1)N1CCCC1.I. The molecular formula is C19H31IN6O. The number of guanidine groups is 1. The van der Waals surface area contributed by atoms with Crippen LogP contribution in [0.3, 0.4) is 0 Å². The number of rotatable bonds is 8. The van der Waals surface area contributed by atoms with Crippen LogP contribution >= 0.6 is 24.0 Å². The second kappa shape index (κ2) is 11.3. The summed E-state index contributed by atoms with van der Waals surface area (Å²) < 4.78 is 7.52. The molecule has 0 radical (unpaired) electrons. The summed E-state index contributed by atoms with van der Waals surface area (Å²) in [6, 6.07) is 4.28. The smallest absolute Gasteiger partial charge is 0.191 e. The van der Waals surface area contributed by atoms with E-state index in [4.69, 9.17) is 4.42 Å². The number of aromatic nitrogens is 2. The van der Waals surface area contributed by atoms with Crippen LogP contribution in [0.1, 0.15) is 36.6 Å². The fourth-order valence-corrected chi connectivity index (χ4v) is 3.46. The Morgan fingerprint density at radius 3 is 2.78 bits per heavy atom. The monoisotopic (exact) mass is 486 g/mol. The van der Waals surface area contributed by atoms with Gasteiger partial charge in [-0.1, -0.05) is 0 Å². The molecule has 0 saturated carbocycles. The molecule has 150 valence electrons. The van der Waals surface area contributed by atoms with Gasteiger partial charge in [0.15, 0.2) is 5.96 Å². The summed E-state index contributed by atoms with van der Waals surface area (Å²) in [5.74, 6) is 1.86. The van der Waals surface area contributed by atoms with Crippen molar-refractivity contribution >= 4 is 29.9 Å². The predicted octanol–water partition coefficient (Wildman–Crippen LogP) is 2.57. The van der Waals surface area contributed by atoms with E-state index in [1.807, 2.05) is 31.0 Å². The van der Waals surface area contributed by atoms with Gasteiger partial charge < -0.3 is 15.1 Å². The van der Waals surface area contributed by atoms with Crippen molar-refractivity contribution in [3.63, 3.8) is 0 Å². The Labute approximate surface area is 178 Å². The number of nitrogens with one attached hydrogen (secondary N) is 2. The highest BCUT2D eigenvalue weighted by molar-refractivity contribution is 14.0. The van der Waals surface area contributed by atoms with Crippen molar-refractivity contribution in [1.29, 1.82) is 0 Å². The first-order valence-corrected chi connectivity index (χ1v) is 9.46. The second-order valence-corrected chi connectivity index (χ2v) is 6.78. The van der Waals surface area contributed by atoms with E-state index in [0.717, 1.165) is 50.7 Å². The van der Waals surface area contributed by atoms with Gasteiger partial charge in [0.2, 0.25) is 0 Å². The van der Waals surface area contributed by atoms with E-state index < -0.39 is 0 Å². The highest BCUT2D eigenvalue weighted by atomic mass is 127. The van der Waals surface area contributed by atoms with Gasteiger partial charge >= 0.3 is 0 Å². The fraction of sp³-hybridized carbons (Fsp3) is 0.579. The van der Waals surface area contributed by atoms with Gasteiger partial charge in [-0.05, 0) is 56.5 Å². The highest BCUT2D eigenvalue weighted by Gasteiger charge is 2.25. The van der Waals surface area contributed by atoms with Gasteiger partial charge in [-0.3, -0.25) is 14.6 Å². The Kier molecular flexibility index (Phi) is 9.12. The van der Waals surface area contributed by atoms with Crippen molar-refractivity contribution in [3.8, 4) is 0 Å². The van der Waals surface area contributed by atoms with Crippen LogP contribution in [0, 0.1) is 0 Å². The molecule has 0 aromatic carbocycles. The maximum atomic E-state index is 5.67. The zero-order valence-electron chi connectivity index (χ0n) is 16.2. The lowest BCUT2D eigenvalue weighted by atomic mass is 10.2. The van der Waals surface area contributed by atoms with Crippen molar-refractivity contribution in [1.82, 2.24) is 25.3 Å². The molecule has 1 aliphatic heterocycles. The van der Waals surface area contributed by atoms with E-state index in [1.165, 1.54) is 18.4 Å². The number of aryl methyl sites for hydroxylation is 2. The molecule has 1 atom stereocenters. The van der Waals surface area contributed by atoms with Crippen LogP contribution in [0.2, 0.25) is 0 Å². The lowest BCUT2D eigenvalue weighted by Crippen LogP contribution is -2.42. The standard InChI is InChI=1S/C19H30N6O.HI/c1-20-19(21-9-5-7-16-13-23-24(2)15-16)22-14-17(18-8-6-12-26-18)25-10-3-4-11-25;/h6,8,12-13,15,17H,3-5,7,9-11,14H2,1-2H3,(H2,20,21,22);1H. The van der Waals surface area contributed by atoms with Crippen molar-refractivity contribution in [2.75, 3.05) is 33.2 Å². The van der Waals surface area contributed by atoms with Crippen LogP contribution in [0.25, 0.3) is 0 Å². The van der Waals surface area contributed by atoms with Crippen molar-refractivity contribution < 1.29 is 4.42 Å². The third kappa shape index (κ3) is 6.53. The molecule has 3 rings (SSSR count). The minimum absolute atomic E-state index is 0. The lowest BCUT2D eigenvalue weighted by Gasteiger charge is -2.26. The van der Waals surface area contributed by atoms with Crippen molar-refractivity contribution in [2.45, 2.75) is 31.7 Å². The Morgan fingerprint density at radius 2 is 2.15 bits per heavy atom. The topological polar surface area (TPSA) is 70.6 Å². The van der Waals surface area contributed by atoms with Gasteiger partial charge in [-0.2, -0.15) is 5.10 Å². The molecule has 8 heteroatoms. The number of aliphatic imine (C=N–C) groups is 1. The van der Waals surface area contributed by atoms with E-state index in [2.05, 4.69) is 37.9 Å². The molecule has 7 nitrogen and oxygen atoms in total. The average molecular weight is 486 g/mol. The third-order valence-electron chi connectivity index (χ3n) is 4.83. The molecule has 3 heterocycles. The first kappa shape index (κ1) is 21.7. The van der Waals surface area contributed by atoms with Gasteiger partial charge in [0.1, 0.15) is 5.76 Å². The molecule has 2 aromatic heterocycles. The molecule has 0 aliphatic carbocycles. The molecule has 27 heavy (non-hydrogen) atoms. The quantitative estimate of drug-likeness (QED) is 0.260. The highest BCUT2D eigenvalue weighted by Crippen LogP contribution is 2.24. The summed E-state index contributed by atoms with van der Waals surface area (Å²) in [5, 5.41) is 11.1. The molecule has 1 aliphatic rings. The largest absolute Gasteiger partial charge is 0.468 e. The molecule has 2 aromatic rings. The zero-order chi connectivity index (χ0) is 18.2. The van der Waals surface area contributed by atoms with Crippen LogP contribution < -0.4 is 10.6 Å². The maximum Gasteiger partial charge on any atom is 0.191 e. The molecule has 0 bridgehead atoms. The summed E-state index contributed by atoms with van der Waals surface area (Å²) in [5.41, 5.74) is 1.27. The van der Waals surface area contributed by atoms with Gasteiger partial charge in [-0.15, -0.1) is 24.0 Å². The van der Waals surface area contributed by atoms with Crippen LogP contribution in [0.4, 0.5) is 0 Å². The summed E-state index contributed by atoms with van der Waals surface area (Å²) in [4.78, 5) is 6.83. The number of likely N-dealkylation sites (tertiary alicyclic amines) is 1. The number of hydrogen-bond donors (Lipinski definition) is 2. The first-order chi connectivity index (χ1) is 12.8. The number of nitrogens with zero attached hydrogens (tertiary/aromatic N) is 4. The Hall–Kier alpha value is -1.55. The van der Waals surface area contributed by atoms with Crippen molar-refractivity contribution in [3.05, 3.63) is 42.1 Å². The summed E-state index contributed by atoms with van der Waals surface area (Å²) in [6.45, 7) is 3.92. The van der Waals surface area contributed by atoms with Crippen LogP contribution in [-0.4, -0.2) is 53.9 Å². The van der Waals surface area contributed by atoms with E-state index in [9.17, 15) is 0 Å². The second-order valence-electron chi connectivity index (χ2n) is 6.78. The molecular weight excluding hydrogens is 455 g/mol. The van der Waals surface area contributed by atoms with Gasteiger partial charge in [0.05, 0.1) is 18.5 Å². The Balaban J connectivity index is 0.00000261. The average Bonchev–Trinajstić information content (AvgIpc) is 3.40. The number of halogens is 1. The molecule has 0 spiro atoms. The lowest BCUT2D eigenvalue weighted by molar-refractivity contribution is 0.215. The molecule has 1 fully saturated rings. The molecule has 1 unspecified atom stereocenters. The van der Waals surface area contributed by atoms with Gasteiger partial charge in [0, 0.05) is 33.4 Å². The maximum absolute atomic E-state index is 5.67. The van der Waals surface area contributed by atoms with Gasteiger partial charge in [-0.25, -0.2) is 0 Å². The van der Waals surface area contributed by atoms with E-state index in [1.54, 1.807) is 6.26 Å². The van der Waals surface area contributed by atoms with Gasteiger partial charge in [0.25, 0.3) is 0 Å². The van der Waals surface area contributed by atoms with E-state index in [0.29, 0.717) is 0 Å². The summed E-state index contributed by atoms with van der Waals surface area (Å²) in [7, 11) is 3.76. The summed E-state index contributed by atoms with van der Waals surface area (Å²) >= 11 is 0. The van der Waals surface area contributed by atoms with Crippen LogP contribution in [-0.2, 0) is 13.5 Å². The minimum atomic E-state index is 0. The van der Waals surface area contributed by atoms with E-state index in [-0.39, 0.29) is 30.0 Å². The summed E-state index contributed by atoms with van der Waals surface area (Å²) in [6.07, 6.45) is 10.3. The van der Waals surface area contributed by atoms with Crippen LogP contribution in [0.15, 0.2) is 40.2 Å². The molecule has 1 saturated heterocycles. The molecule has 2 N–H and O–H groups in total. The normalized spacial score (nSPS) is 16.1. The molecule has 0 amide bonds. The minimum Gasteiger partial charge on any atom is -0.468 e. The van der Waals surface area contributed by atoms with E-state index >= 15 is 0 Å². The van der Waals surface area contributed by atoms with Crippen LogP contribution in [0.5, 0.6) is 0 Å². The fourth-order valence-electron chi connectivity index (χ4n) is 3.46. The zero-order valence-corrected chi connectivity index (χ0v) is 18.6. The van der Waals surface area contributed by atoms with Crippen molar-refractivity contribution in [2.24, 2.45) is 12.0 Å². The number of furan rings is 1. The third-order valence-corrected chi connectivity index (χ3v) is 4.83. The first-order valence-electron chi connectivity index (χ1n) is 9.46. The predicted molar refractivity (Wildman–Crippen MR) is 119 cm³/mol. The Bertz CT molecular complexity index is 678.